The largest absolute Gasteiger partial charge is 0.454 e. The topological polar surface area (TPSA) is 88.2 Å². The summed E-state index contributed by atoms with van der Waals surface area (Å²) in [6.07, 6.45) is 0.684. The lowest BCUT2D eigenvalue weighted by Crippen LogP contribution is -2.52. The number of ether oxygens (including phenoxy) is 2. The highest BCUT2D eigenvalue weighted by atomic mass is 127. The first-order valence-corrected chi connectivity index (χ1v) is 9.57. The SMILES string of the molecule is CN=C(NCCc1nc(C)no1)N1CCN(Cc2ccc3c(c2)OCO3)CC1.I. The number of halogens is 1. The van der Waals surface area contributed by atoms with Crippen molar-refractivity contribution in [3.8, 4) is 11.5 Å². The van der Waals surface area contributed by atoms with Crippen LogP contribution in [0.15, 0.2) is 27.7 Å². The van der Waals surface area contributed by atoms with Gasteiger partial charge in [0.2, 0.25) is 12.7 Å². The molecule has 0 aliphatic carbocycles. The molecule has 1 fully saturated rings. The Kier molecular flexibility index (Phi) is 7.53. The van der Waals surface area contributed by atoms with Gasteiger partial charge in [0.15, 0.2) is 23.3 Å². The lowest BCUT2D eigenvalue weighted by atomic mass is 10.1. The maximum atomic E-state index is 5.47. The zero-order valence-corrected chi connectivity index (χ0v) is 19.1. The van der Waals surface area contributed by atoms with Gasteiger partial charge in [-0.15, -0.1) is 24.0 Å². The molecule has 1 saturated heterocycles. The maximum absolute atomic E-state index is 5.47. The molecule has 0 unspecified atom stereocenters. The lowest BCUT2D eigenvalue weighted by Gasteiger charge is -2.36. The van der Waals surface area contributed by atoms with Crippen molar-refractivity contribution in [1.29, 1.82) is 0 Å². The second-order valence-corrected chi connectivity index (χ2v) is 6.91. The normalized spacial score (nSPS) is 16.6. The Morgan fingerprint density at radius 2 is 1.97 bits per heavy atom. The van der Waals surface area contributed by atoms with Gasteiger partial charge in [-0.3, -0.25) is 9.89 Å². The van der Waals surface area contributed by atoms with E-state index in [1.54, 1.807) is 0 Å². The van der Waals surface area contributed by atoms with E-state index in [1.165, 1.54) is 5.56 Å². The van der Waals surface area contributed by atoms with Gasteiger partial charge in [0.25, 0.3) is 0 Å². The summed E-state index contributed by atoms with van der Waals surface area (Å²) in [5.74, 6) is 3.90. The molecule has 2 aliphatic heterocycles. The predicted molar refractivity (Wildman–Crippen MR) is 119 cm³/mol. The Balaban J connectivity index is 0.00000240. The van der Waals surface area contributed by atoms with Crippen LogP contribution in [-0.2, 0) is 13.0 Å². The molecule has 1 N–H and O–H groups in total. The summed E-state index contributed by atoms with van der Waals surface area (Å²) in [4.78, 5) is 13.4. The van der Waals surface area contributed by atoms with Crippen molar-refractivity contribution >= 4 is 29.9 Å². The second-order valence-electron chi connectivity index (χ2n) is 6.91. The lowest BCUT2D eigenvalue weighted by molar-refractivity contribution is 0.171. The first kappa shape index (κ1) is 21.6. The number of fused-ring (bicyclic) bond motifs is 1. The number of aliphatic imine (C=N–C) groups is 1. The number of piperazine rings is 1. The summed E-state index contributed by atoms with van der Waals surface area (Å²) >= 11 is 0. The quantitative estimate of drug-likeness (QED) is 0.367. The highest BCUT2D eigenvalue weighted by Gasteiger charge is 2.21. The van der Waals surface area contributed by atoms with E-state index in [1.807, 2.05) is 20.0 Å². The van der Waals surface area contributed by atoms with Crippen LogP contribution in [0.25, 0.3) is 0 Å². The van der Waals surface area contributed by atoms with Gasteiger partial charge >= 0.3 is 0 Å². The Morgan fingerprint density at radius 3 is 2.69 bits per heavy atom. The van der Waals surface area contributed by atoms with Crippen LogP contribution in [-0.4, -0.2) is 72.5 Å². The van der Waals surface area contributed by atoms with Gasteiger partial charge in [0.05, 0.1) is 0 Å². The molecule has 0 saturated carbocycles. The number of aromatic nitrogens is 2. The van der Waals surface area contributed by atoms with Crippen molar-refractivity contribution < 1.29 is 14.0 Å². The molecule has 3 heterocycles. The molecular formula is C19H27IN6O3. The third-order valence-electron chi connectivity index (χ3n) is 4.92. The van der Waals surface area contributed by atoms with Gasteiger partial charge in [0.1, 0.15) is 0 Å². The van der Waals surface area contributed by atoms with Crippen LogP contribution in [0.4, 0.5) is 0 Å². The van der Waals surface area contributed by atoms with Gasteiger partial charge in [-0.2, -0.15) is 4.98 Å². The number of benzene rings is 1. The Morgan fingerprint density at radius 1 is 1.17 bits per heavy atom. The molecular weight excluding hydrogens is 487 g/mol. The molecule has 0 amide bonds. The molecule has 1 aromatic heterocycles. The molecule has 4 rings (SSSR count). The molecule has 0 bridgehead atoms. The zero-order chi connectivity index (χ0) is 19.3. The average Bonchev–Trinajstić information content (AvgIpc) is 3.34. The van der Waals surface area contributed by atoms with Crippen molar-refractivity contribution in [2.24, 2.45) is 4.99 Å². The summed E-state index contributed by atoms with van der Waals surface area (Å²) in [6, 6.07) is 6.18. The van der Waals surface area contributed by atoms with E-state index in [-0.39, 0.29) is 24.0 Å². The first-order valence-electron chi connectivity index (χ1n) is 9.57. The maximum Gasteiger partial charge on any atom is 0.231 e. The fourth-order valence-corrected chi connectivity index (χ4v) is 3.47. The van der Waals surface area contributed by atoms with Gasteiger partial charge in [-0.1, -0.05) is 11.2 Å². The van der Waals surface area contributed by atoms with Gasteiger partial charge < -0.3 is 24.2 Å². The fourth-order valence-electron chi connectivity index (χ4n) is 3.47. The summed E-state index contributed by atoms with van der Waals surface area (Å²) in [5, 5.41) is 7.20. The number of hydrogen-bond acceptors (Lipinski definition) is 7. The number of guanidine groups is 1. The molecule has 9 nitrogen and oxygen atoms in total. The van der Waals surface area contributed by atoms with Gasteiger partial charge in [-0.05, 0) is 24.6 Å². The van der Waals surface area contributed by atoms with Crippen LogP contribution in [0.3, 0.4) is 0 Å². The monoisotopic (exact) mass is 514 g/mol. The summed E-state index contributed by atoms with van der Waals surface area (Å²) in [5.41, 5.74) is 1.25. The van der Waals surface area contributed by atoms with Crippen molar-refractivity contribution in [3.63, 3.8) is 0 Å². The minimum Gasteiger partial charge on any atom is -0.454 e. The van der Waals surface area contributed by atoms with E-state index in [4.69, 9.17) is 14.0 Å². The van der Waals surface area contributed by atoms with E-state index < -0.39 is 0 Å². The van der Waals surface area contributed by atoms with Gasteiger partial charge in [-0.25, -0.2) is 0 Å². The van der Waals surface area contributed by atoms with Crippen LogP contribution in [0.5, 0.6) is 11.5 Å². The Bertz CT molecular complexity index is 835. The van der Waals surface area contributed by atoms with Crippen molar-refractivity contribution in [2.75, 3.05) is 46.6 Å². The van der Waals surface area contributed by atoms with E-state index in [2.05, 4.69) is 42.4 Å². The molecule has 0 spiro atoms. The Hall–Kier alpha value is -2.08. The molecule has 10 heteroatoms. The van der Waals surface area contributed by atoms with Crippen LogP contribution in [0, 0.1) is 6.92 Å². The van der Waals surface area contributed by atoms with Crippen molar-refractivity contribution in [2.45, 2.75) is 19.9 Å². The molecule has 0 atom stereocenters. The third-order valence-corrected chi connectivity index (χ3v) is 4.92. The highest BCUT2D eigenvalue weighted by molar-refractivity contribution is 14.0. The van der Waals surface area contributed by atoms with Crippen LogP contribution >= 0.6 is 24.0 Å². The van der Waals surface area contributed by atoms with Crippen LogP contribution in [0.2, 0.25) is 0 Å². The minimum atomic E-state index is 0. The highest BCUT2D eigenvalue weighted by Crippen LogP contribution is 2.32. The van der Waals surface area contributed by atoms with Crippen LogP contribution < -0.4 is 14.8 Å². The van der Waals surface area contributed by atoms with E-state index in [9.17, 15) is 0 Å². The van der Waals surface area contributed by atoms with Crippen LogP contribution in [0.1, 0.15) is 17.3 Å². The zero-order valence-electron chi connectivity index (χ0n) is 16.8. The van der Waals surface area contributed by atoms with E-state index in [0.29, 0.717) is 31.5 Å². The standard InChI is InChI=1S/C19H26N6O3.HI/c1-14-22-18(28-23-14)5-6-21-19(20-2)25-9-7-24(8-10-25)12-15-3-4-16-17(11-15)27-13-26-16;/h3-4,11H,5-10,12-13H2,1-2H3,(H,20,21);1H. The molecule has 29 heavy (non-hydrogen) atoms. The first-order chi connectivity index (χ1) is 13.7. The predicted octanol–water partition coefficient (Wildman–Crippen LogP) is 1.66. The molecule has 2 aromatic rings. The fraction of sp³-hybridized carbons (Fsp3) is 0.526. The summed E-state index contributed by atoms with van der Waals surface area (Å²) in [6.45, 7) is 7.60. The number of aryl methyl sites for hydroxylation is 1. The van der Waals surface area contributed by atoms with E-state index in [0.717, 1.165) is 50.2 Å². The summed E-state index contributed by atoms with van der Waals surface area (Å²) < 4.78 is 16.0. The second kappa shape index (κ2) is 10.1. The minimum absolute atomic E-state index is 0. The summed E-state index contributed by atoms with van der Waals surface area (Å²) in [7, 11) is 1.82. The number of rotatable bonds is 5. The number of hydrogen-bond donors (Lipinski definition) is 1. The molecule has 2 aliphatic rings. The van der Waals surface area contributed by atoms with Crippen molar-refractivity contribution in [3.05, 3.63) is 35.5 Å². The van der Waals surface area contributed by atoms with E-state index >= 15 is 0 Å². The molecule has 158 valence electrons. The van der Waals surface area contributed by atoms with Crippen molar-refractivity contribution in [1.82, 2.24) is 25.3 Å². The number of nitrogens with zero attached hydrogens (tertiary/aromatic N) is 5. The molecule has 0 radical (unpaired) electrons. The smallest absolute Gasteiger partial charge is 0.231 e. The third kappa shape index (κ3) is 5.50. The Labute approximate surface area is 187 Å². The number of nitrogens with one attached hydrogen (secondary N) is 1. The molecule has 1 aromatic carbocycles. The average molecular weight is 514 g/mol. The van der Waals surface area contributed by atoms with Gasteiger partial charge in [0, 0.05) is 52.7 Å².